The van der Waals surface area contributed by atoms with Crippen molar-refractivity contribution in [3.8, 4) is 0 Å². The second-order valence-corrected chi connectivity index (χ2v) is 7.98. The Balaban J connectivity index is 1.37. The van der Waals surface area contributed by atoms with Gasteiger partial charge in [-0.2, -0.15) is 0 Å². The lowest BCUT2D eigenvalue weighted by atomic mass is 9.84. The van der Waals surface area contributed by atoms with Crippen molar-refractivity contribution >= 4 is 5.91 Å². The molecular weight excluding hydrogens is 300 g/mol. The molecule has 1 aliphatic heterocycles. The van der Waals surface area contributed by atoms with Crippen molar-refractivity contribution in [1.29, 1.82) is 0 Å². The van der Waals surface area contributed by atoms with Gasteiger partial charge >= 0.3 is 0 Å². The molecule has 0 radical (unpaired) electrons. The van der Waals surface area contributed by atoms with E-state index in [1.165, 1.54) is 38.6 Å². The molecule has 1 N–H and O–H groups in total. The zero-order valence-electron chi connectivity index (χ0n) is 14.8. The first-order valence-corrected chi connectivity index (χ1v) is 9.78. The molecule has 2 heterocycles. The molecule has 0 spiro atoms. The van der Waals surface area contributed by atoms with Gasteiger partial charge in [-0.3, -0.25) is 9.69 Å². The Morgan fingerprint density at radius 2 is 2.00 bits per heavy atom. The molecular formula is C19H30N4O. The zero-order chi connectivity index (χ0) is 16.5. The minimum Gasteiger partial charge on any atom is -0.353 e. The molecule has 0 aromatic carbocycles. The Hall–Kier alpha value is -1.36. The molecule has 0 saturated heterocycles. The number of fused-ring (bicyclic) bond motifs is 1. The summed E-state index contributed by atoms with van der Waals surface area (Å²) in [6, 6.07) is 0.762. The average Bonchev–Trinajstić information content (AvgIpc) is 3.14. The van der Waals surface area contributed by atoms with E-state index in [2.05, 4.69) is 27.9 Å². The van der Waals surface area contributed by atoms with Crippen molar-refractivity contribution in [2.75, 3.05) is 13.1 Å². The van der Waals surface area contributed by atoms with Crippen LogP contribution in [0.3, 0.4) is 0 Å². The number of nitrogens with zero attached hydrogens (tertiary/aromatic N) is 3. The maximum atomic E-state index is 12.2. The lowest BCUT2D eigenvalue weighted by molar-refractivity contribution is -0.121. The smallest absolute Gasteiger partial charge is 0.226 e. The van der Waals surface area contributed by atoms with Crippen LogP contribution in [0, 0.1) is 5.92 Å². The summed E-state index contributed by atoms with van der Waals surface area (Å²) < 4.78 is 2.26. The van der Waals surface area contributed by atoms with Gasteiger partial charge in [0.25, 0.3) is 0 Å². The quantitative estimate of drug-likeness (QED) is 0.903. The van der Waals surface area contributed by atoms with Crippen molar-refractivity contribution < 1.29 is 4.79 Å². The predicted octanol–water partition coefficient (Wildman–Crippen LogP) is 2.66. The third-order valence-corrected chi connectivity index (χ3v) is 6.19. The van der Waals surface area contributed by atoms with Gasteiger partial charge in [0.15, 0.2) is 0 Å². The fraction of sp³-hybridized carbons (Fsp3) is 0.789. The Morgan fingerprint density at radius 3 is 2.71 bits per heavy atom. The first-order chi connectivity index (χ1) is 11.7. The van der Waals surface area contributed by atoms with Crippen molar-refractivity contribution in [3.63, 3.8) is 0 Å². The van der Waals surface area contributed by atoms with Crippen molar-refractivity contribution in [2.45, 2.75) is 76.9 Å². The fourth-order valence-corrected chi connectivity index (χ4v) is 4.45. The van der Waals surface area contributed by atoms with Gasteiger partial charge in [0.05, 0.1) is 18.2 Å². The van der Waals surface area contributed by atoms with Crippen LogP contribution in [0.4, 0.5) is 0 Å². The maximum Gasteiger partial charge on any atom is 0.226 e. The van der Waals surface area contributed by atoms with Crippen LogP contribution in [-0.4, -0.2) is 39.5 Å². The maximum absolute atomic E-state index is 12.2. The lowest BCUT2D eigenvalue weighted by Crippen LogP contribution is -2.41. The summed E-state index contributed by atoms with van der Waals surface area (Å²) in [5.41, 5.74) is 0.929. The van der Waals surface area contributed by atoms with Crippen LogP contribution in [-0.2, 0) is 17.8 Å². The molecule has 2 saturated carbocycles. The highest BCUT2D eigenvalue weighted by Gasteiger charge is 2.30. The summed E-state index contributed by atoms with van der Waals surface area (Å²) in [6.45, 7) is 5.59. The van der Waals surface area contributed by atoms with Crippen LogP contribution in [0.15, 0.2) is 6.20 Å². The summed E-state index contributed by atoms with van der Waals surface area (Å²) >= 11 is 0. The molecule has 3 aliphatic rings. The summed E-state index contributed by atoms with van der Waals surface area (Å²) in [5.74, 6) is 2.17. The van der Waals surface area contributed by atoms with Crippen LogP contribution < -0.4 is 5.32 Å². The van der Waals surface area contributed by atoms with E-state index in [4.69, 9.17) is 4.98 Å². The predicted molar refractivity (Wildman–Crippen MR) is 93.7 cm³/mol. The van der Waals surface area contributed by atoms with Gasteiger partial charge in [-0.25, -0.2) is 4.98 Å². The van der Waals surface area contributed by atoms with Crippen molar-refractivity contribution in [1.82, 2.24) is 19.8 Å². The van der Waals surface area contributed by atoms with Gasteiger partial charge < -0.3 is 9.88 Å². The van der Waals surface area contributed by atoms with E-state index in [-0.39, 0.29) is 5.91 Å². The number of carbonyl (C=O) groups excluding carboxylic acids is 1. The number of rotatable bonds is 5. The third kappa shape index (κ3) is 3.37. The summed E-state index contributed by atoms with van der Waals surface area (Å²) in [6.07, 6.45) is 11.5. The van der Waals surface area contributed by atoms with Gasteiger partial charge in [0.2, 0.25) is 5.91 Å². The van der Waals surface area contributed by atoms with Gasteiger partial charge in [-0.1, -0.05) is 19.3 Å². The van der Waals surface area contributed by atoms with Crippen LogP contribution >= 0.6 is 0 Å². The molecule has 2 fully saturated rings. The van der Waals surface area contributed by atoms with Gasteiger partial charge in [0.1, 0.15) is 5.82 Å². The molecule has 1 amide bonds. The molecule has 132 valence electrons. The number of nitrogens with one attached hydrogen (secondary N) is 1. The van der Waals surface area contributed by atoms with E-state index in [0.717, 1.165) is 43.4 Å². The highest BCUT2D eigenvalue weighted by molar-refractivity contribution is 5.78. The molecule has 2 aliphatic carbocycles. The minimum atomic E-state index is 0.135. The standard InChI is InChI=1S/C19H30N4O/c1-14-19-21-17(11-18(24)20-16-7-2-3-8-16)13-23(19)10-9-22(14)12-15-5-4-6-15/h13-16H,2-12H2,1H3,(H,20,24). The lowest BCUT2D eigenvalue weighted by Gasteiger charge is -2.38. The number of hydrogen-bond donors (Lipinski definition) is 1. The minimum absolute atomic E-state index is 0.135. The van der Waals surface area contributed by atoms with E-state index >= 15 is 0 Å². The van der Waals surface area contributed by atoms with E-state index < -0.39 is 0 Å². The summed E-state index contributed by atoms with van der Waals surface area (Å²) in [7, 11) is 0. The topological polar surface area (TPSA) is 50.2 Å². The normalized spacial score (nSPS) is 25.5. The molecule has 0 bridgehead atoms. The van der Waals surface area contributed by atoms with E-state index in [1.807, 2.05) is 0 Å². The number of aromatic nitrogens is 2. The highest BCUT2D eigenvalue weighted by atomic mass is 16.1. The molecule has 1 aromatic heterocycles. The second-order valence-electron chi connectivity index (χ2n) is 7.98. The van der Waals surface area contributed by atoms with Crippen LogP contribution in [0.25, 0.3) is 0 Å². The summed E-state index contributed by atoms with van der Waals surface area (Å²) in [5, 5.41) is 3.17. The summed E-state index contributed by atoms with van der Waals surface area (Å²) in [4.78, 5) is 19.6. The zero-order valence-corrected chi connectivity index (χ0v) is 14.8. The largest absolute Gasteiger partial charge is 0.353 e. The monoisotopic (exact) mass is 330 g/mol. The van der Waals surface area contributed by atoms with Crippen LogP contribution in [0.5, 0.6) is 0 Å². The van der Waals surface area contributed by atoms with Crippen LogP contribution in [0.1, 0.15) is 69.4 Å². The number of hydrogen-bond acceptors (Lipinski definition) is 3. The first-order valence-electron chi connectivity index (χ1n) is 9.78. The Bertz CT molecular complexity index is 586. The molecule has 1 unspecified atom stereocenters. The molecule has 1 atom stereocenters. The molecule has 4 rings (SSSR count). The molecule has 1 aromatic rings. The van der Waals surface area contributed by atoms with Crippen molar-refractivity contribution in [2.24, 2.45) is 5.92 Å². The van der Waals surface area contributed by atoms with E-state index in [9.17, 15) is 4.79 Å². The molecule has 5 nitrogen and oxygen atoms in total. The SMILES string of the molecule is CC1c2nc(CC(=O)NC3CCCC3)cn2CCN1CC1CCC1. The number of carbonyl (C=O) groups is 1. The third-order valence-electron chi connectivity index (χ3n) is 6.19. The van der Waals surface area contributed by atoms with Gasteiger partial charge in [-0.05, 0) is 38.5 Å². The van der Waals surface area contributed by atoms with Gasteiger partial charge in [0, 0.05) is 31.9 Å². The van der Waals surface area contributed by atoms with E-state index in [1.54, 1.807) is 0 Å². The highest BCUT2D eigenvalue weighted by Crippen LogP contribution is 2.32. The molecule has 5 heteroatoms. The Kier molecular flexibility index (Phi) is 4.61. The first kappa shape index (κ1) is 16.1. The Labute approximate surface area is 144 Å². The second kappa shape index (κ2) is 6.87. The van der Waals surface area contributed by atoms with Crippen molar-refractivity contribution in [3.05, 3.63) is 17.7 Å². The number of amides is 1. The van der Waals surface area contributed by atoms with Gasteiger partial charge in [-0.15, -0.1) is 0 Å². The van der Waals surface area contributed by atoms with E-state index in [0.29, 0.717) is 18.5 Å². The number of imidazole rings is 1. The fourth-order valence-electron chi connectivity index (χ4n) is 4.45. The average molecular weight is 330 g/mol. The molecule has 24 heavy (non-hydrogen) atoms. The van der Waals surface area contributed by atoms with Crippen LogP contribution in [0.2, 0.25) is 0 Å². The Morgan fingerprint density at radius 1 is 1.21 bits per heavy atom.